The lowest BCUT2D eigenvalue weighted by molar-refractivity contribution is -0.120. The van der Waals surface area contributed by atoms with Gasteiger partial charge >= 0.3 is 0 Å². The zero-order valence-electron chi connectivity index (χ0n) is 28.4. The molecule has 0 aliphatic heterocycles. The molecule has 44 heavy (non-hydrogen) atoms. The third-order valence-corrected chi connectivity index (χ3v) is 16.8. The number of carbonyl (C=O) groups is 2. The summed E-state index contributed by atoms with van der Waals surface area (Å²) in [5, 5.41) is 10.5. The molecule has 0 spiro atoms. The van der Waals surface area contributed by atoms with Crippen molar-refractivity contribution in [1.82, 2.24) is 0 Å². The number of rotatable bonds is 1. The van der Waals surface area contributed by atoms with Gasteiger partial charge in [0.15, 0.2) is 11.6 Å². The van der Waals surface area contributed by atoms with Crippen LogP contribution in [0, 0.1) is 69.0 Å². The molecule has 0 N–H and O–H groups in total. The first-order chi connectivity index (χ1) is 20.9. The molecule has 4 heteroatoms. The summed E-state index contributed by atoms with van der Waals surface area (Å²) in [6, 6.07) is 0. The molecule has 8 aliphatic rings. The van der Waals surface area contributed by atoms with Crippen LogP contribution in [0.1, 0.15) is 131 Å². The quantitative estimate of drug-likeness (QED) is 0.283. The molecule has 8 rings (SSSR count). The Balaban J connectivity index is 1.03. The van der Waals surface area contributed by atoms with Gasteiger partial charge in [0.05, 0.1) is 0 Å². The number of fused-ring (bicyclic) bond motifs is 10. The maximum Gasteiger partial charge on any atom is 0.155 e. The van der Waals surface area contributed by atoms with Crippen molar-refractivity contribution in [2.24, 2.45) is 79.2 Å². The Morgan fingerprint density at radius 1 is 0.568 bits per heavy atom. The van der Waals surface area contributed by atoms with Crippen LogP contribution >= 0.6 is 0 Å². The SMILES string of the molecule is C[C@H]1CC(=O)C=C2CC[C@H]3[C@@H](CC[C@]4(C)/C(=N\N=C5\CC[C@@H]6[C@@H]7CCC8=CC(=O)C[C@H](C)[C@@]8(C)[C@@H]7CC[C@]56C)CC[C@H]34)[C@]21C. The molecule has 0 aromatic heterocycles. The van der Waals surface area contributed by atoms with E-state index in [1.807, 2.05) is 12.2 Å². The highest BCUT2D eigenvalue weighted by molar-refractivity contribution is 5.96. The van der Waals surface area contributed by atoms with Crippen LogP contribution in [-0.2, 0) is 9.59 Å². The van der Waals surface area contributed by atoms with Gasteiger partial charge in [0, 0.05) is 35.1 Å². The molecule has 4 nitrogen and oxygen atoms in total. The van der Waals surface area contributed by atoms with Crippen LogP contribution in [0.2, 0.25) is 0 Å². The first-order valence-corrected chi connectivity index (χ1v) is 18.5. The van der Waals surface area contributed by atoms with E-state index >= 15 is 0 Å². The minimum absolute atomic E-state index is 0.183. The highest BCUT2D eigenvalue weighted by Gasteiger charge is 2.61. The molecular weight excluding hydrogens is 540 g/mol. The van der Waals surface area contributed by atoms with Gasteiger partial charge in [0.1, 0.15) is 0 Å². The van der Waals surface area contributed by atoms with E-state index < -0.39 is 0 Å². The van der Waals surface area contributed by atoms with Crippen LogP contribution in [0.4, 0.5) is 0 Å². The van der Waals surface area contributed by atoms with Crippen LogP contribution in [0.25, 0.3) is 0 Å². The van der Waals surface area contributed by atoms with Gasteiger partial charge in [-0.3, -0.25) is 9.59 Å². The Kier molecular flexibility index (Phi) is 6.61. The Hall–Kier alpha value is -1.84. The Morgan fingerprint density at radius 2 is 0.977 bits per heavy atom. The van der Waals surface area contributed by atoms with Crippen LogP contribution in [0.15, 0.2) is 33.5 Å². The summed E-state index contributed by atoms with van der Waals surface area (Å²) in [5.41, 5.74) is 6.49. The molecule has 0 radical (unpaired) electrons. The lowest BCUT2D eigenvalue weighted by atomic mass is 9.45. The summed E-state index contributed by atoms with van der Waals surface area (Å²) >= 11 is 0. The van der Waals surface area contributed by atoms with Gasteiger partial charge in [-0.1, -0.05) is 52.7 Å². The molecule has 0 unspecified atom stereocenters. The third kappa shape index (κ3) is 3.81. The molecule has 6 saturated carbocycles. The molecule has 0 aromatic carbocycles. The molecule has 238 valence electrons. The first-order valence-electron chi connectivity index (χ1n) is 18.5. The summed E-state index contributed by atoms with van der Waals surface area (Å²) in [5.74, 6) is 5.95. The van der Waals surface area contributed by atoms with Gasteiger partial charge in [-0.2, -0.15) is 10.2 Å². The van der Waals surface area contributed by atoms with Crippen molar-refractivity contribution in [3.63, 3.8) is 0 Å². The summed E-state index contributed by atoms with van der Waals surface area (Å²) in [4.78, 5) is 24.9. The van der Waals surface area contributed by atoms with Crippen LogP contribution in [0.5, 0.6) is 0 Å². The molecule has 0 bridgehead atoms. The zero-order valence-corrected chi connectivity index (χ0v) is 28.4. The Bertz CT molecular complexity index is 1310. The third-order valence-electron chi connectivity index (χ3n) is 16.8. The van der Waals surface area contributed by atoms with Crippen molar-refractivity contribution < 1.29 is 9.59 Å². The Labute approximate surface area is 266 Å². The van der Waals surface area contributed by atoms with E-state index in [4.69, 9.17) is 10.2 Å². The van der Waals surface area contributed by atoms with Crippen molar-refractivity contribution >= 4 is 23.0 Å². The smallest absolute Gasteiger partial charge is 0.155 e. The molecule has 6 fully saturated rings. The number of nitrogens with zero attached hydrogens (tertiary/aromatic N) is 2. The number of hydrogen-bond acceptors (Lipinski definition) is 4. The Morgan fingerprint density at radius 3 is 1.39 bits per heavy atom. The van der Waals surface area contributed by atoms with Gasteiger partial charge in [-0.15, -0.1) is 0 Å². The molecule has 8 aliphatic carbocycles. The highest BCUT2D eigenvalue weighted by atomic mass is 16.1. The van der Waals surface area contributed by atoms with Crippen molar-refractivity contribution in [1.29, 1.82) is 0 Å². The van der Waals surface area contributed by atoms with Crippen LogP contribution in [-0.4, -0.2) is 23.0 Å². The summed E-state index contributed by atoms with van der Waals surface area (Å²) in [7, 11) is 0. The fourth-order valence-electron chi connectivity index (χ4n) is 13.9. The number of hydrogen-bond donors (Lipinski definition) is 0. The molecular formula is C40H56N2O2. The van der Waals surface area contributed by atoms with Crippen molar-refractivity contribution in [3.8, 4) is 0 Å². The van der Waals surface area contributed by atoms with E-state index in [9.17, 15) is 9.59 Å². The standard InChI is InChI=1S/C40H56N2O2/c1-23-19-27(43)21-25-7-9-29-31-11-13-35(37(31,3)17-15-33(29)39(23,25)5)41-42-36-14-12-32-30-10-8-26-22-28(44)20-24(2)40(26,6)34(30)16-18-38(32,36)4/h21-24,29-34H,7-20H2,1-6H3/b41-35-,42-36-/t23-,24-,29-,30+,31+,32+,33+,34+,37-,38-,39+,40-/m0/s1. The molecule has 0 aromatic rings. The second-order valence-electron chi connectivity index (χ2n) is 18.0. The predicted octanol–water partition coefficient (Wildman–Crippen LogP) is 9.34. The monoisotopic (exact) mass is 596 g/mol. The average Bonchev–Trinajstić information content (AvgIpc) is 3.49. The predicted molar refractivity (Wildman–Crippen MR) is 177 cm³/mol. The summed E-state index contributed by atoms with van der Waals surface area (Å²) in [6.45, 7) is 14.8. The second-order valence-corrected chi connectivity index (χ2v) is 18.0. The highest BCUT2D eigenvalue weighted by Crippen LogP contribution is 2.67. The van der Waals surface area contributed by atoms with Gasteiger partial charge < -0.3 is 0 Å². The molecule has 12 atom stereocenters. The van der Waals surface area contributed by atoms with E-state index in [1.165, 1.54) is 73.9 Å². The molecule has 0 saturated heterocycles. The van der Waals surface area contributed by atoms with Crippen LogP contribution in [0.3, 0.4) is 0 Å². The van der Waals surface area contributed by atoms with Crippen LogP contribution < -0.4 is 0 Å². The summed E-state index contributed by atoms with van der Waals surface area (Å²) < 4.78 is 0. The van der Waals surface area contributed by atoms with E-state index in [-0.39, 0.29) is 21.7 Å². The number of carbonyl (C=O) groups excluding carboxylic acids is 2. The van der Waals surface area contributed by atoms with Gasteiger partial charge in [0.25, 0.3) is 0 Å². The van der Waals surface area contributed by atoms with E-state index in [2.05, 4.69) is 41.5 Å². The van der Waals surface area contributed by atoms with E-state index in [1.54, 1.807) is 0 Å². The second kappa shape index (κ2) is 9.83. The summed E-state index contributed by atoms with van der Waals surface area (Å²) in [6.07, 6.45) is 20.0. The molecule has 0 heterocycles. The van der Waals surface area contributed by atoms with Crippen molar-refractivity contribution in [2.45, 2.75) is 131 Å². The lowest BCUT2D eigenvalue weighted by Crippen LogP contribution is -2.53. The minimum atomic E-state index is 0.183. The number of ketones is 2. The van der Waals surface area contributed by atoms with Gasteiger partial charge in [0.2, 0.25) is 0 Å². The first kappa shape index (κ1) is 29.6. The maximum absolute atomic E-state index is 12.4. The van der Waals surface area contributed by atoms with Crippen molar-refractivity contribution in [3.05, 3.63) is 23.3 Å². The van der Waals surface area contributed by atoms with Gasteiger partial charge in [-0.25, -0.2) is 0 Å². The largest absolute Gasteiger partial charge is 0.295 e. The van der Waals surface area contributed by atoms with Crippen molar-refractivity contribution in [2.75, 3.05) is 0 Å². The topological polar surface area (TPSA) is 58.9 Å². The van der Waals surface area contributed by atoms with E-state index in [0.717, 1.165) is 50.4 Å². The fraction of sp³-hybridized carbons (Fsp3) is 0.800. The average molecular weight is 597 g/mol. The lowest BCUT2D eigenvalue weighted by Gasteiger charge is -2.59. The zero-order chi connectivity index (χ0) is 30.8. The van der Waals surface area contributed by atoms with Gasteiger partial charge in [-0.05, 0) is 147 Å². The molecule has 0 amide bonds. The normalized spacial score (nSPS) is 53.2. The number of allylic oxidation sites excluding steroid dienone is 2. The fourth-order valence-corrected chi connectivity index (χ4v) is 13.9. The van der Waals surface area contributed by atoms with E-state index in [0.29, 0.717) is 47.1 Å². The maximum atomic E-state index is 12.4. The minimum Gasteiger partial charge on any atom is -0.295 e.